The number of pyridine rings is 1. The smallest absolute Gasteiger partial charge is 0.120 e. The van der Waals surface area contributed by atoms with Crippen LogP contribution in [0.5, 0.6) is 5.75 Å². The van der Waals surface area contributed by atoms with Crippen LogP contribution in [0.25, 0.3) is 10.9 Å². The van der Waals surface area contributed by atoms with E-state index in [-0.39, 0.29) is 6.04 Å². The predicted molar refractivity (Wildman–Crippen MR) is 65.5 cm³/mol. The molecule has 0 radical (unpaired) electrons. The van der Waals surface area contributed by atoms with Crippen molar-refractivity contribution in [1.82, 2.24) is 4.98 Å². The van der Waals surface area contributed by atoms with E-state index < -0.39 is 0 Å². The summed E-state index contributed by atoms with van der Waals surface area (Å²) < 4.78 is 5.44. The van der Waals surface area contributed by atoms with Gasteiger partial charge in [-0.3, -0.25) is 4.98 Å². The third-order valence-electron chi connectivity index (χ3n) is 2.46. The van der Waals surface area contributed by atoms with Crippen LogP contribution in [-0.4, -0.2) is 11.6 Å². The van der Waals surface area contributed by atoms with Crippen LogP contribution in [0.2, 0.25) is 0 Å². The first kappa shape index (κ1) is 10.9. The minimum Gasteiger partial charge on any atom is -0.494 e. The van der Waals surface area contributed by atoms with Gasteiger partial charge in [-0.05, 0) is 38.1 Å². The van der Waals surface area contributed by atoms with Gasteiger partial charge in [0.1, 0.15) is 5.75 Å². The van der Waals surface area contributed by atoms with E-state index in [0.29, 0.717) is 6.61 Å². The van der Waals surface area contributed by atoms with Crippen molar-refractivity contribution in [3.63, 3.8) is 0 Å². The summed E-state index contributed by atoms with van der Waals surface area (Å²) in [5.74, 6) is 0.880. The molecule has 0 aliphatic carbocycles. The molecule has 0 fully saturated rings. The Labute approximate surface area is 95.2 Å². The van der Waals surface area contributed by atoms with Crippen molar-refractivity contribution in [3.05, 3.63) is 36.0 Å². The number of aromatic nitrogens is 1. The molecule has 1 aromatic carbocycles. The minimum atomic E-state index is -0.0315. The molecule has 1 atom stereocenters. The Bertz CT molecular complexity index is 494. The zero-order valence-electron chi connectivity index (χ0n) is 9.60. The van der Waals surface area contributed by atoms with E-state index in [1.807, 2.05) is 44.2 Å². The molecule has 0 saturated heterocycles. The Morgan fingerprint density at radius 1 is 1.31 bits per heavy atom. The highest BCUT2D eigenvalue weighted by Crippen LogP contribution is 2.21. The van der Waals surface area contributed by atoms with E-state index in [1.54, 1.807) is 0 Å². The Hall–Kier alpha value is -1.61. The molecular weight excluding hydrogens is 200 g/mol. The van der Waals surface area contributed by atoms with Crippen LogP contribution in [0.3, 0.4) is 0 Å². The van der Waals surface area contributed by atoms with Crippen LogP contribution < -0.4 is 10.5 Å². The number of fused-ring (bicyclic) bond motifs is 1. The zero-order chi connectivity index (χ0) is 11.5. The van der Waals surface area contributed by atoms with Crippen LogP contribution in [0.15, 0.2) is 30.3 Å². The van der Waals surface area contributed by atoms with Crippen LogP contribution in [0, 0.1) is 0 Å². The standard InChI is InChI=1S/C13H16N2O/c1-3-16-11-5-7-13-10(8-11)4-6-12(15-13)9(2)14/h4-9H,3,14H2,1-2H3. The molecule has 0 aliphatic rings. The highest BCUT2D eigenvalue weighted by molar-refractivity contribution is 5.80. The number of hydrogen-bond donors (Lipinski definition) is 1. The summed E-state index contributed by atoms with van der Waals surface area (Å²) in [6.45, 7) is 4.58. The van der Waals surface area contributed by atoms with Crippen molar-refractivity contribution in [2.24, 2.45) is 5.73 Å². The monoisotopic (exact) mass is 216 g/mol. The van der Waals surface area contributed by atoms with E-state index in [9.17, 15) is 0 Å². The molecule has 3 heteroatoms. The summed E-state index contributed by atoms with van der Waals surface area (Å²) in [6.07, 6.45) is 0. The van der Waals surface area contributed by atoms with Gasteiger partial charge < -0.3 is 10.5 Å². The first-order valence-electron chi connectivity index (χ1n) is 5.50. The molecule has 2 rings (SSSR count). The van der Waals surface area contributed by atoms with Gasteiger partial charge in [-0.15, -0.1) is 0 Å². The third-order valence-corrected chi connectivity index (χ3v) is 2.46. The summed E-state index contributed by atoms with van der Waals surface area (Å²) in [7, 11) is 0. The van der Waals surface area contributed by atoms with E-state index >= 15 is 0 Å². The molecule has 0 bridgehead atoms. The molecule has 0 amide bonds. The number of rotatable bonds is 3. The summed E-state index contributed by atoms with van der Waals surface area (Å²) in [4.78, 5) is 4.50. The maximum Gasteiger partial charge on any atom is 0.120 e. The summed E-state index contributed by atoms with van der Waals surface area (Å²) >= 11 is 0. The lowest BCUT2D eigenvalue weighted by atomic mass is 10.1. The molecule has 0 saturated carbocycles. The normalized spacial score (nSPS) is 12.7. The molecule has 1 heterocycles. The van der Waals surface area contributed by atoms with Gasteiger partial charge >= 0.3 is 0 Å². The van der Waals surface area contributed by atoms with Gasteiger partial charge in [0.25, 0.3) is 0 Å². The molecule has 2 aromatic rings. The average molecular weight is 216 g/mol. The Balaban J connectivity index is 2.44. The number of nitrogens with two attached hydrogens (primary N) is 1. The van der Waals surface area contributed by atoms with Crippen molar-refractivity contribution in [1.29, 1.82) is 0 Å². The topological polar surface area (TPSA) is 48.1 Å². The number of hydrogen-bond acceptors (Lipinski definition) is 3. The van der Waals surface area contributed by atoms with Gasteiger partial charge in [0, 0.05) is 11.4 Å². The zero-order valence-corrected chi connectivity index (χ0v) is 9.60. The van der Waals surface area contributed by atoms with Gasteiger partial charge in [0.2, 0.25) is 0 Å². The molecule has 1 aromatic heterocycles. The van der Waals surface area contributed by atoms with Crippen LogP contribution in [-0.2, 0) is 0 Å². The average Bonchev–Trinajstić information content (AvgIpc) is 2.28. The lowest BCUT2D eigenvalue weighted by Gasteiger charge is -2.07. The van der Waals surface area contributed by atoms with Crippen molar-refractivity contribution < 1.29 is 4.74 Å². The first-order valence-corrected chi connectivity index (χ1v) is 5.50. The van der Waals surface area contributed by atoms with Crippen molar-refractivity contribution in [3.8, 4) is 5.75 Å². The molecule has 16 heavy (non-hydrogen) atoms. The van der Waals surface area contributed by atoms with Gasteiger partial charge in [-0.1, -0.05) is 6.07 Å². The fraction of sp³-hybridized carbons (Fsp3) is 0.308. The number of benzene rings is 1. The third kappa shape index (κ3) is 2.14. The van der Waals surface area contributed by atoms with Gasteiger partial charge in [0.05, 0.1) is 17.8 Å². The number of nitrogens with zero attached hydrogens (tertiary/aromatic N) is 1. The van der Waals surface area contributed by atoms with E-state index in [4.69, 9.17) is 10.5 Å². The van der Waals surface area contributed by atoms with E-state index in [0.717, 1.165) is 22.3 Å². The maximum atomic E-state index is 5.80. The summed E-state index contributed by atoms with van der Waals surface area (Å²) in [6, 6.07) is 9.86. The van der Waals surface area contributed by atoms with E-state index in [1.165, 1.54) is 0 Å². The van der Waals surface area contributed by atoms with Crippen LogP contribution in [0.4, 0.5) is 0 Å². The quantitative estimate of drug-likeness (QED) is 0.858. The Morgan fingerprint density at radius 2 is 2.12 bits per heavy atom. The van der Waals surface area contributed by atoms with Crippen LogP contribution in [0.1, 0.15) is 25.6 Å². The fourth-order valence-corrected chi connectivity index (χ4v) is 1.63. The second kappa shape index (κ2) is 4.49. The molecule has 0 aliphatic heterocycles. The molecule has 1 unspecified atom stereocenters. The van der Waals surface area contributed by atoms with Crippen molar-refractivity contribution in [2.75, 3.05) is 6.61 Å². The molecule has 3 nitrogen and oxygen atoms in total. The number of ether oxygens (including phenoxy) is 1. The summed E-state index contributed by atoms with van der Waals surface area (Å²) in [5, 5.41) is 1.08. The van der Waals surface area contributed by atoms with Crippen molar-refractivity contribution in [2.45, 2.75) is 19.9 Å². The Morgan fingerprint density at radius 3 is 2.81 bits per heavy atom. The molecular formula is C13H16N2O. The largest absolute Gasteiger partial charge is 0.494 e. The first-order chi connectivity index (χ1) is 7.70. The molecule has 0 spiro atoms. The summed E-state index contributed by atoms with van der Waals surface area (Å²) in [5.41, 5.74) is 7.67. The lowest BCUT2D eigenvalue weighted by Crippen LogP contribution is -2.06. The second-order valence-electron chi connectivity index (χ2n) is 3.81. The Kier molecular flexibility index (Phi) is 3.06. The maximum absolute atomic E-state index is 5.80. The minimum absolute atomic E-state index is 0.0315. The lowest BCUT2D eigenvalue weighted by molar-refractivity contribution is 0.340. The molecule has 2 N–H and O–H groups in total. The second-order valence-corrected chi connectivity index (χ2v) is 3.81. The predicted octanol–water partition coefficient (Wildman–Crippen LogP) is 2.65. The highest BCUT2D eigenvalue weighted by Gasteiger charge is 2.03. The van der Waals surface area contributed by atoms with Gasteiger partial charge in [-0.25, -0.2) is 0 Å². The van der Waals surface area contributed by atoms with Gasteiger partial charge in [0.15, 0.2) is 0 Å². The van der Waals surface area contributed by atoms with E-state index in [2.05, 4.69) is 4.98 Å². The van der Waals surface area contributed by atoms with Gasteiger partial charge in [-0.2, -0.15) is 0 Å². The SMILES string of the molecule is CCOc1ccc2nc(C(C)N)ccc2c1. The van der Waals surface area contributed by atoms with Crippen molar-refractivity contribution >= 4 is 10.9 Å². The fourth-order valence-electron chi connectivity index (χ4n) is 1.63. The molecule has 84 valence electrons. The van der Waals surface area contributed by atoms with Crippen LogP contribution >= 0.6 is 0 Å². The highest BCUT2D eigenvalue weighted by atomic mass is 16.5.